The minimum Gasteiger partial charge on any atom is -0.337 e. The summed E-state index contributed by atoms with van der Waals surface area (Å²) >= 11 is 0. The zero-order valence-corrected chi connectivity index (χ0v) is 14.2. The Kier molecular flexibility index (Phi) is 4.19. The van der Waals surface area contributed by atoms with E-state index < -0.39 is 0 Å². The number of hydrogen-bond acceptors (Lipinski definition) is 4. The van der Waals surface area contributed by atoms with E-state index in [1.54, 1.807) is 6.07 Å². The number of carbonyl (C=O) groups excluding carboxylic acids is 1. The fraction of sp³-hybridized carbons (Fsp3) is 0.316. The van der Waals surface area contributed by atoms with Crippen molar-refractivity contribution in [2.75, 3.05) is 20.1 Å². The van der Waals surface area contributed by atoms with Crippen LogP contribution in [0.15, 0.2) is 42.5 Å². The number of nitrogens with one attached hydrogen (secondary N) is 2. The van der Waals surface area contributed by atoms with Gasteiger partial charge >= 0.3 is 0 Å². The number of amides is 1. The van der Waals surface area contributed by atoms with Gasteiger partial charge in [-0.1, -0.05) is 18.2 Å². The second kappa shape index (κ2) is 6.64. The number of likely N-dealkylation sites (tertiary alicyclic amines) is 1. The van der Waals surface area contributed by atoms with E-state index in [-0.39, 0.29) is 5.91 Å². The van der Waals surface area contributed by atoms with E-state index >= 15 is 0 Å². The number of hydrogen-bond donors (Lipinski definition) is 2. The maximum Gasteiger partial charge on any atom is 0.272 e. The van der Waals surface area contributed by atoms with Crippen molar-refractivity contribution in [2.45, 2.75) is 18.9 Å². The number of imidazole rings is 1. The van der Waals surface area contributed by atoms with E-state index in [0.717, 1.165) is 37.0 Å². The van der Waals surface area contributed by atoms with Crippen LogP contribution in [0.1, 0.15) is 23.3 Å². The SMILES string of the molecule is CNC1CCN(C(=O)c2cccc(-c3nc4ccccc4[nH]3)n2)CC1. The first-order valence-corrected chi connectivity index (χ1v) is 8.63. The maximum absolute atomic E-state index is 12.8. The zero-order valence-electron chi connectivity index (χ0n) is 14.2. The van der Waals surface area contributed by atoms with Gasteiger partial charge in [0.15, 0.2) is 5.82 Å². The molecule has 6 nitrogen and oxygen atoms in total. The standard InChI is InChI=1S/C19H21N5O/c1-20-13-9-11-24(12-10-13)19(25)17-8-4-7-16(21-17)18-22-14-5-2-3-6-15(14)23-18/h2-8,13,20H,9-12H2,1H3,(H,22,23). The summed E-state index contributed by atoms with van der Waals surface area (Å²) in [6.07, 6.45) is 1.96. The van der Waals surface area contributed by atoms with Crippen molar-refractivity contribution in [3.05, 3.63) is 48.2 Å². The number of H-pyrrole nitrogens is 1. The minimum absolute atomic E-state index is 0.00693. The number of aromatic nitrogens is 3. The minimum atomic E-state index is -0.00693. The first kappa shape index (κ1) is 15.8. The topological polar surface area (TPSA) is 73.9 Å². The van der Waals surface area contributed by atoms with E-state index in [9.17, 15) is 4.79 Å². The number of carbonyl (C=O) groups is 1. The van der Waals surface area contributed by atoms with Crippen LogP contribution in [0.5, 0.6) is 0 Å². The van der Waals surface area contributed by atoms with E-state index in [0.29, 0.717) is 23.3 Å². The van der Waals surface area contributed by atoms with Gasteiger partial charge in [0.25, 0.3) is 5.91 Å². The van der Waals surface area contributed by atoms with Crippen molar-refractivity contribution in [2.24, 2.45) is 0 Å². The van der Waals surface area contributed by atoms with Crippen LogP contribution in [0.4, 0.5) is 0 Å². The average Bonchev–Trinajstić information content (AvgIpc) is 3.12. The zero-order chi connectivity index (χ0) is 17.2. The monoisotopic (exact) mass is 335 g/mol. The van der Waals surface area contributed by atoms with E-state index in [1.165, 1.54) is 0 Å². The Bertz CT molecular complexity index is 862. The van der Waals surface area contributed by atoms with E-state index in [1.807, 2.05) is 48.3 Å². The van der Waals surface area contributed by atoms with Crippen molar-refractivity contribution in [3.63, 3.8) is 0 Å². The van der Waals surface area contributed by atoms with Crippen LogP contribution in [0.3, 0.4) is 0 Å². The van der Waals surface area contributed by atoms with Crippen LogP contribution >= 0.6 is 0 Å². The lowest BCUT2D eigenvalue weighted by Crippen LogP contribution is -2.44. The molecule has 6 heteroatoms. The van der Waals surface area contributed by atoms with Gasteiger partial charge in [0.05, 0.1) is 11.0 Å². The third-order valence-electron chi connectivity index (χ3n) is 4.79. The molecule has 0 bridgehead atoms. The van der Waals surface area contributed by atoms with Crippen LogP contribution in [0, 0.1) is 0 Å². The lowest BCUT2D eigenvalue weighted by Gasteiger charge is -2.31. The highest BCUT2D eigenvalue weighted by atomic mass is 16.2. The molecule has 2 aromatic heterocycles. The summed E-state index contributed by atoms with van der Waals surface area (Å²) < 4.78 is 0. The Balaban J connectivity index is 1.58. The van der Waals surface area contributed by atoms with Crippen molar-refractivity contribution in [1.82, 2.24) is 25.2 Å². The highest BCUT2D eigenvalue weighted by Gasteiger charge is 2.23. The largest absolute Gasteiger partial charge is 0.337 e. The normalized spacial score (nSPS) is 15.6. The van der Waals surface area contributed by atoms with Crippen LogP contribution in [0.2, 0.25) is 0 Å². The molecule has 128 valence electrons. The predicted molar refractivity (Wildman–Crippen MR) is 97.3 cm³/mol. The second-order valence-electron chi connectivity index (χ2n) is 6.37. The summed E-state index contributed by atoms with van der Waals surface area (Å²) in [5.41, 5.74) is 3.02. The molecule has 0 radical (unpaired) electrons. The molecule has 25 heavy (non-hydrogen) atoms. The van der Waals surface area contributed by atoms with Crippen LogP contribution in [-0.2, 0) is 0 Å². The van der Waals surface area contributed by atoms with Crippen molar-refractivity contribution in [1.29, 1.82) is 0 Å². The predicted octanol–water partition coefficient (Wildman–Crippen LogP) is 2.45. The van der Waals surface area contributed by atoms with Crippen molar-refractivity contribution in [3.8, 4) is 11.5 Å². The number of fused-ring (bicyclic) bond motifs is 1. The molecular formula is C19H21N5O. The molecule has 1 aliphatic heterocycles. The molecule has 1 aliphatic rings. The number of nitrogens with zero attached hydrogens (tertiary/aromatic N) is 3. The molecule has 0 saturated carbocycles. The maximum atomic E-state index is 12.8. The Morgan fingerprint density at radius 1 is 1.12 bits per heavy atom. The first-order chi connectivity index (χ1) is 12.2. The smallest absolute Gasteiger partial charge is 0.272 e. The molecule has 3 aromatic rings. The molecule has 1 fully saturated rings. The van der Waals surface area contributed by atoms with Gasteiger partial charge in [-0.3, -0.25) is 4.79 Å². The fourth-order valence-electron chi connectivity index (χ4n) is 3.29. The average molecular weight is 335 g/mol. The quantitative estimate of drug-likeness (QED) is 0.771. The molecule has 1 saturated heterocycles. The molecule has 1 aromatic carbocycles. The molecule has 2 N–H and O–H groups in total. The summed E-state index contributed by atoms with van der Waals surface area (Å²) in [4.78, 5) is 27.0. The van der Waals surface area contributed by atoms with Gasteiger partial charge in [0.2, 0.25) is 0 Å². The van der Waals surface area contributed by atoms with Gasteiger partial charge in [-0.15, -0.1) is 0 Å². The summed E-state index contributed by atoms with van der Waals surface area (Å²) in [5, 5.41) is 3.28. The van der Waals surface area contributed by atoms with Gasteiger partial charge < -0.3 is 15.2 Å². The van der Waals surface area contributed by atoms with Gasteiger partial charge in [-0.2, -0.15) is 0 Å². The third kappa shape index (κ3) is 3.13. The number of para-hydroxylation sites is 2. The Hall–Kier alpha value is -2.73. The number of piperidine rings is 1. The highest BCUT2D eigenvalue weighted by Crippen LogP contribution is 2.20. The molecule has 4 rings (SSSR count). The number of rotatable bonds is 3. The second-order valence-corrected chi connectivity index (χ2v) is 6.37. The molecular weight excluding hydrogens is 314 g/mol. The lowest BCUT2D eigenvalue weighted by molar-refractivity contribution is 0.0701. The molecule has 0 spiro atoms. The van der Waals surface area contributed by atoms with Crippen LogP contribution < -0.4 is 5.32 Å². The number of aromatic amines is 1. The molecule has 1 amide bonds. The first-order valence-electron chi connectivity index (χ1n) is 8.63. The summed E-state index contributed by atoms with van der Waals surface area (Å²) in [5.74, 6) is 0.678. The van der Waals surface area contributed by atoms with Crippen LogP contribution in [-0.4, -0.2) is 51.9 Å². The van der Waals surface area contributed by atoms with Crippen molar-refractivity contribution >= 4 is 16.9 Å². The summed E-state index contributed by atoms with van der Waals surface area (Å²) in [7, 11) is 1.97. The van der Waals surface area contributed by atoms with Gasteiger partial charge in [-0.25, -0.2) is 9.97 Å². The Labute approximate surface area is 146 Å². The highest BCUT2D eigenvalue weighted by molar-refractivity contribution is 5.93. The molecule has 0 atom stereocenters. The Morgan fingerprint density at radius 2 is 1.92 bits per heavy atom. The number of benzene rings is 1. The van der Waals surface area contributed by atoms with Gasteiger partial charge in [-0.05, 0) is 44.2 Å². The fourth-order valence-corrected chi connectivity index (χ4v) is 3.29. The van der Waals surface area contributed by atoms with Crippen LogP contribution in [0.25, 0.3) is 22.6 Å². The van der Waals surface area contributed by atoms with E-state index in [4.69, 9.17) is 0 Å². The molecule has 0 aliphatic carbocycles. The van der Waals surface area contributed by atoms with Gasteiger partial charge in [0, 0.05) is 19.1 Å². The molecule has 0 unspecified atom stereocenters. The third-order valence-corrected chi connectivity index (χ3v) is 4.79. The van der Waals surface area contributed by atoms with Gasteiger partial charge in [0.1, 0.15) is 11.4 Å². The summed E-state index contributed by atoms with van der Waals surface area (Å²) in [6.45, 7) is 1.53. The Morgan fingerprint density at radius 3 is 2.68 bits per heavy atom. The lowest BCUT2D eigenvalue weighted by atomic mass is 10.0. The summed E-state index contributed by atoms with van der Waals surface area (Å²) in [6, 6.07) is 13.9. The van der Waals surface area contributed by atoms with Crippen molar-refractivity contribution < 1.29 is 4.79 Å². The van der Waals surface area contributed by atoms with E-state index in [2.05, 4.69) is 20.3 Å². The molecule has 3 heterocycles. The number of pyridine rings is 1.